The summed E-state index contributed by atoms with van der Waals surface area (Å²) in [6.45, 7) is 3.35. The van der Waals surface area contributed by atoms with Crippen molar-refractivity contribution in [1.29, 1.82) is 0 Å². The molecule has 0 saturated carbocycles. The lowest BCUT2D eigenvalue weighted by Gasteiger charge is -1.57. The van der Waals surface area contributed by atoms with Gasteiger partial charge in [-0.3, -0.25) is 0 Å². The molecule has 0 spiro atoms. The van der Waals surface area contributed by atoms with Crippen LogP contribution in [-0.2, 0) is 0 Å². The van der Waals surface area contributed by atoms with Gasteiger partial charge in [-0.25, -0.2) is 0 Å². The molecule has 0 aliphatic carbocycles. The fraction of sp³-hybridized carbons (Fsp3) is 0.333. The number of allylic oxidation sites excluding steroid dienone is 1. The first kappa shape index (κ1) is 15.9. The van der Waals surface area contributed by atoms with E-state index in [-0.39, 0.29) is 34.0 Å². The highest BCUT2D eigenvalue weighted by molar-refractivity contribution is 8.93. The minimum absolute atomic E-state index is 0. The zero-order valence-corrected chi connectivity index (χ0v) is 6.81. The lowest BCUT2D eigenvalue weighted by molar-refractivity contribution is 1.76. The van der Waals surface area contributed by atoms with Gasteiger partial charge in [-0.05, 0) is 0 Å². The van der Waals surface area contributed by atoms with E-state index < -0.39 is 0 Å². The fourth-order valence-corrected chi connectivity index (χ4v) is 0. The number of halogens is 2. The number of hydrogen-bond acceptors (Lipinski definition) is 0. The molecule has 0 unspecified atom stereocenters. The molecule has 0 amide bonds. The summed E-state index contributed by atoms with van der Waals surface area (Å²) in [5, 5.41) is 0. The summed E-state index contributed by atoms with van der Waals surface area (Å²) < 4.78 is 0. The molecule has 0 aromatic heterocycles. The second-order valence-electron chi connectivity index (χ2n) is 0.524. The molecule has 0 heterocycles. The molecule has 0 N–H and O–H groups in total. The molecule has 2 radical (unpaired) electrons. The molecule has 0 bridgehead atoms. The molecule has 0 nitrogen and oxygen atoms in total. The maximum atomic E-state index is 4.91. The minimum atomic E-state index is 0. The smallest absolute Gasteiger partial charge is 0.0708 e. The minimum Gasteiger partial charge on any atom is -0.114 e. The van der Waals surface area contributed by atoms with Gasteiger partial charge in [0, 0.05) is 0 Å². The van der Waals surface area contributed by atoms with Crippen LogP contribution in [0.5, 0.6) is 0 Å². The summed E-state index contributed by atoms with van der Waals surface area (Å²) in [6.07, 6.45) is 2.24. The van der Waals surface area contributed by atoms with Crippen LogP contribution in [0.2, 0.25) is 6.32 Å². The van der Waals surface area contributed by atoms with Gasteiger partial charge in [0.15, 0.2) is 0 Å². The van der Waals surface area contributed by atoms with E-state index in [1.165, 1.54) is 0 Å². The van der Waals surface area contributed by atoms with Gasteiger partial charge in [0.2, 0.25) is 0 Å². The van der Waals surface area contributed by atoms with Crippen LogP contribution in [0.4, 0.5) is 0 Å². The molecule has 0 fully saturated rings. The SMILES string of the molecule is Br.Br.[B]CC=C. The third-order valence-electron chi connectivity index (χ3n) is 0.167. The van der Waals surface area contributed by atoms with Crippen molar-refractivity contribution in [3.05, 3.63) is 12.7 Å². The Hall–Kier alpha value is 0.765. The van der Waals surface area contributed by atoms with E-state index >= 15 is 0 Å². The van der Waals surface area contributed by atoms with Gasteiger partial charge in [-0.1, -0.05) is 6.32 Å². The van der Waals surface area contributed by atoms with Crippen LogP contribution in [0.1, 0.15) is 0 Å². The van der Waals surface area contributed by atoms with E-state index in [4.69, 9.17) is 7.85 Å². The van der Waals surface area contributed by atoms with Crippen molar-refractivity contribution in [2.24, 2.45) is 0 Å². The fourth-order valence-electron chi connectivity index (χ4n) is 0. The van der Waals surface area contributed by atoms with Crippen molar-refractivity contribution < 1.29 is 0 Å². The van der Waals surface area contributed by atoms with Crippen LogP contribution < -0.4 is 0 Å². The quantitative estimate of drug-likeness (QED) is 0.461. The topological polar surface area (TPSA) is 0 Å². The molecule has 3 heteroatoms. The Balaban J connectivity index is -0.0000000450. The van der Waals surface area contributed by atoms with Crippen LogP contribution in [0.15, 0.2) is 12.7 Å². The van der Waals surface area contributed by atoms with E-state index in [1.54, 1.807) is 6.08 Å². The van der Waals surface area contributed by atoms with Gasteiger partial charge in [0.05, 0.1) is 7.85 Å². The molecule has 0 atom stereocenters. The second-order valence-corrected chi connectivity index (χ2v) is 0.524. The van der Waals surface area contributed by atoms with Crippen molar-refractivity contribution in [2.75, 3.05) is 0 Å². The second kappa shape index (κ2) is 17.1. The van der Waals surface area contributed by atoms with Gasteiger partial charge in [0.1, 0.15) is 0 Å². The van der Waals surface area contributed by atoms with Crippen molar-refractivity contribution in [1.82, 2.24) is 0 Å². The predicted molar refractivity (Wildman–Crippen MR) is 41.4 cm³/mol. The standard InChI is InChI=1S/C3H5B.2BrH/c1-2-3-4;;/h2H,1,3H2;2*1H. The third kappa shape index (κ3) is 21.7. The van der Waals surface area contributed by atoms with E-state index in [9.17, 15) is 0 Å². The maximum Gasteiger partial charge on any atom is 0.0708 e. The molecule has 0 aliphatic rings. The number of hydrogen-bond donors (Lipinski definition) is 0. The van der Waals surface area contributed by atoms with Crippen molar-refractivity contribution >= 4 is 41.8 Å². The first-order chi connectivity index (χ1) is 1.91. The van der Waals surface area contributed by atoms with Gasteiger partial charge >= 0.3 is 0 Å². The Morgan fingerprint density at radius 3 is 1.67 bits per heavy atom. The monoisotopic (exact) mass is 212 g/mol. The summed E-state index contributed by atoms with van der Waals surface area (Å²) in [5.74, 6) is 0. The third-order valence-corrected chi connectivity index (χ3v) is 0.167. The molecule has 6 heavy (non-hydrogen) atoms. The van der Waals surface area contributed by atoms with Crippen LogP contribution >= 0.6 is 34.0 Å². The van der Waals surface area contributed by atoms with Crippen molar-refractivity contribution in [2.45, 2.75) is 6.32 Å². The molecule has 0 rings (SSSR count). The summed E-state index contributed by atoms with van der Waals surface area (Å²) >= 11 is 0. The van der Waals surface area contributed by atoms with Gasteiger partial charge in [-0.15, -0.1) is 46.6 Å². The Labute approximate surface area is 61.0 Å². The van der Waals surface area contributed by atoms with Crippen LogP contribution in [0.25, 0.3) is 0 Å². The van der Waals surface area contributed by atoms with E-state index in [0.717, 1.165) is 0 Å². The highest BCUT2D eigenvalue weighted by Crippen LogP contribution is 1.61. The predicted octanol–water partition coefficient (Wildman–Crippen LogP) is 1.91. The zero-order valence-electron chi connectivity index (χ0n) is 3.39. The van der Waals surface area contributed by atoms with Gasteiger partial charge in [0.25, 0.3) is 0 Å². The Morgan fingerprint density at radius 1 is 1.50 bits per heavy atom. The zero-order chi connectivity index (χ0) is 3.41. The molecule has 36 valence electrons. The molecule has 0 aliphatic heterocycles. The molecular formula is C3H7BBr2. The Bertz CT molecular complexity index is 22.8. The summed E-state index contributed by atoms with van der Waals surface area (Å²) in [5.41, 5.74) is 0. The molecule has 0 saturated heterocycles. The van der Waals surface area contributed by atoms with Gasteiger partial charge < -0.3 is 0 Å². The normalized spacial score (nSPS) is 4.00. The van der Waals surface area contributed by atoms with Crippen LogP contribution in [0, 0.1) is 0 Å². The highest BCUT2D eigenvalue weighted by atomic mass is 79.9. The van der Waals surface area contributed by atoms with Crippen molar-refractivity contribution in [3.63, 3.8) is 0 Å². The Kier molecular flexibility index (Phi) is 45.3. The lowest BCUT2D eigenvalue weighted by Crippen LogP contribution is -1.47. The number of rotatable bonds is 1. The van der Waals surface area contributed by atoms with Crippen LogP contribution in [0.3, 0.4) is 0 Å². The highest BCUT2D eigenvalue weighted by Gasteiger charge is 1.46. The average Bonchev–Trinajstić information content (AvgIpc) is 1.37. The maximum absolute atomic E-state index is 4.91. The summed E-state index contributed by atoms with van der Waals surface area (Å²) in [7, 11) is 4.91. The first-order valence-corrected chi connectivity index (χ1v) is 1.22. The molecule has 0 aromatic carbocycles. The summed E-state index contributed by atoms with van der Waals surface area (Å²) in [4.78, 5) is 0. The van der Waals surface area contributed by atoms with E-state index in [0.29, 0.717) is 6.32 Å². The van der Waals surface area contributed by atoms with Gasteiger partial charge in [-0.2, -0.15) is 0 Å². The summed E-state index contributed by atoms with van der Waals surface area (Å²) in [6, 6.07) is 0. The molecule has 0 aromatic rings. The largest absolute Gasteiger partial charge is 0.114 e. The average molecular weight is 214 g/mol. The first-order valence-electron chi connectivity index (χ1n) is 1.22. The van der Waals surface area contributed by atoms with E-state index in [1.807, 2.05) is 0 Å². The lowest BCUT2D eigenvalue weighted by atomic mass is 10.1. The Morgan fingerprint density at radius 2 is 1.67 bits per heavy atom. The van der Waals surface area contributed by atoms with E-state index in [2.05, 4.69) is 6.58 Å². The van der Waals surface area contributed by atoms with Crippen LogP contribution in [-0.4, -0.2) is 7.85 Å². The van der Waals surface area contributed by atoms with Crippen molar-refractivity contribution in [3.8, 4) is 0 Å². The molecular weight excluding hydrogens is 207 g/mol.